The molecule has 4 aliphatic rings. The molecule has 3 aromatic heterocycles. The fourth-order valence-electron chi connectivity index (χ4n) is 8.84. The lowest BCUT2D eigenvalue weighted by atomic mass is 9.93. The number of Topliss-reactive ketones (excluding diaryl/α,β-unsaturated/α-hetero) is 1. The number of piperidine rings is 1. The summed E-state index contributed by atoms with van der Waals surface area (Å²) >= 11 is 6.48. The van der Waals surface area contributed by atoms with Crippen molar-refractivity contribution in [2.24, 2.45) is 5.92 Å². The zero-order valence-electron chi connectivity index (χ0n) is 32.1. The summed E-state index contributed by atoms with van der Waals surface area (Å²) in [5.74, 6) is 1.16. The smallest absolute Gasteiger partial charge is 0.328 e. The van der Waals surface area contributed by atoms with Gasteiger partial charge in [0.2, 0.25) is 11.9 Å². The molecule has 0 radical (unpaired) electrons. The Kier molecular flexibility index (Phi) is 10.9. The van der Waals surface area contributed by atoms with Gasteiger partial charge in [0.15, 0.2) is 5.78 Å². The molecule has 1 aliphatic carbocycles. The van der Waals surface area contributed by atoms with Crippen LogP contribution in [0.2, 0.25) is 5.02 Å². The molecule has 1 aromatic carbocycles. The molecule has 0 atom stereocenters. The van der Waals surface area contributed by atoms with Crippen LogP contribution in [0.25, 0.3) is 11.0 Å². The van der Waals surface area contributed by atoms with Crippen molar-refractivity contribution in [2.45, 2.75) is 71.3 Å². The SMILES string of the molecule is CC(=O)c1c(C)c2cnc(Nc3ccc(N4CCN(CCC5CCN(c6ccc(Cl)c(N7CCC(=O)NC7=O)c6)CC5)CC4)cn3)nc2n(C2CCCC2)c1=O. The quantitative estimate of drug-likeness (QED) is 0.180. The highest BCUT2D eigenvalue weighted by molar-refractivity contribution is 6.34. The number of carbonyl (C=O) groups is 3. The van der Waals surface area contributed by atoms with E-state index in [1.54, 1.807) is 22.6 Å². The number of hydrogen-bond donors (Lipinski definition) is 2. The second-order valence-corrected chi connectivity index (χ2v) is 16.0. The van der Waals surface area contributed by atoms with Crippen molar-refractivity contribution < 1.29 is 14.4 Å². The van der Waals surface area contributed by atoms with Crippen LogP contribution in [0.5, 0.6) is 0 Å². The van der Waals surface area contributed by atoms with Gasteiger partial charge in [0.1, 0.15) is 11.5 Å². The highest BCUT2D eigenvalue weighted by Crippen LogP contribution is 2.35. The van der Waals surface area contributed by atoms with E-state index < -0.39 is 6.03 Å². The molecule has 6 heterocycles. The van der Waals surface area contributed by atoms with E-state index in [0.29, 0.717) is 46.1 Å². The van der Waals surface area contributed by atoms with Crippen LogP contribution in [0.3, 0.4) is 0 Å². The minimum atomic E-state index is -0.425. The highest BCUT2D eigenvalue weighted by atomic mass is 35.5. The molecule has 3 amide bonds. The van der Waals surface area contributed by atoms with Crippen molar-refractivity contribution in [3.05, 3.63) is 69.2 Å². The standard InChI is InChI=1S/C41H49ClN10O4/c1-26-32-25-44-40(47-38(32)52(29-5-3-4-6-29)39(55)37(26)27(2)53)45-35-10-8-31(24-43-35)50-21-19-48(20-22-50)15-11-28-12-16-49(17-13-28)30-7-9-33(42)34(23-30)51-18-14-36(54)46-41(51)56/h7-10,23-25,28-29H,3-6,11-22H2,1-2H3,(H,46,54,56)(H,43,44,45,47). The molecule has 8 rings (SSSR count). The molecular weight excluding hydrogens is 732 g/mol. The van der Waals surface area contributed by atoms with Crippen molar-refractivity contribution in [3.8, 4) is 0 Å². The summed E-state index contributed by atoms with van der Waals surface area (Å²) in [6.45, 7) is 10.4. The Morgan fingerprint density at radius 3 is 2.32 bits per heavy atom. The maximum Gasteiger partial charge on any atom is 0.328 e. The highest BCUT2D eigenvalue weighted by Gasteiger charge is 2.29. The number of urea groups is 1. The lowest BCUT2D eigenvalue weighted by Gasteiger charge is -2.38. The zero-order valence-corrected chi connectivity index (χ0v) is 32.9. The Bertz CT molecular complexity index is 2190. The number of amides is 3. The predicted octanol–water partition coefficient (Wildman–Crippen LogP) is 6.08. The van der Waals surface area contributed by atoms with Crippen molar-refractivity contribution in [1.82, 2.24) is 29.7 Å². The van der Waals surface area contributed by atoms with Gasteiger partial charge in [-0.2, -0.15) is 4.98 Å². The van der Waals surface area contributed by atoms with Crippen LogP contribution in [0.15, 0.2) is 47.5 Å². The third-order valence-corrected chi connectivity index (χ3v) is 12.4. The largest absolute Gasteiger partial charge is 0.371 e. The number of aromatic nitrogens is 4. The van der Waals surface area contributed by atoms with Crippen LogP contribution in [-0.4, -0.2) is 94.5 Å². The number of piperazine rings is 1. The van der Waals surface area contributed by atoms with Crippen LogP contribution in [0.4, 0.5) is 33.6 Å². The van der Waals surface area contributed by atoms with Crippen LogP contribution in [-0.2, 0) is 4.79 Å². The molecule has 0 bridgehead atoms. The summed E-state index contributed by atoms with van der Waals surface area (Å²) in [6.07, 6.45) is 11.1. The summed E-state index contributed by atoms with van der Waals surface area (Å²) in [7, 11) is 0. The van der Waals surface area contributed by atoms with Gasteiger partial charge in [-0.3, -0.25) is 34.1 Å². The van der Waals surface area contributed by atoms with Gasteiger partial charge in [0.25, 0.3) is 5.56 Å². The number of ketones is 1. The lowest BCUT2D eigenvalue weighted by Crippen LogP contribution is -2.49. The zero-order chi connectivity index (χ0) is 38.9. The van der Waals surface area contributed by atoms with Gasteiger partial charge < -0.3 is 15.1 Å². The number of halogens is 1. The van der Waals surface area contributed by atoms with Gasteiger partial charge in [-0.1, -0.05) is 24.4 Å². The molecule has 1 saturated carbocycles. The molecule has 3 aliphatic heterocycles. The second kappa shape index (κ2) is 16.2. The maximum atomic E-state index is 13.6. The molecule has 14 nitrogen and oxygen atoms in total. The number of imide groups is 1. The average Bonchev–Trinajstić information content (AvgIpc) is 3.73. The summed E-state index contributed by atoms with van der Waals surface area (Å²) < 4.78 is 1.72. The van der Waals surface area contributed by atoms with Gasteiger partial charge in [0.05, 0.1) is 28.2 Å². The normalized spacial score (nSPS) is 18.9. The van der Waals surface area contributed by atoms with E-state index in [1.165, 1.54) is 13.3 Å². The molecule has 3 saturated heterocycles. The van der Waals surface area contributed by atoms with Gasteiger partial charge in [0, 0.05) is 75.5 Å². The first-order valence-corrected chi connectivity index (χ1v) is 20.3. The first-order chi connectivity index (χ1) is 27.1. The van der Waals surface area contributed by atoms with E-state index in [0.717, 1.165) is 101 Å². The molecule has 0 unspecified atom stereocenters. The minimum Gasteiger partial charge on any atom is -0.371 e. The van der Waals surface area contributed by atoms with E-state index in [1.807, 2.05) is 30.5 Å². The fraction of sp³-hybridized carbons (Fsp3) is 0.488. The third kappa shape index (κ3) is 7.81. The van der Waals surface area contributed by atoms with Gasteiger partial charge >= 0.3 is 6.03 Å². The first-order valence-electron chi connectivity index (χ1n) is 19.9. The summed E-state index contributed by atoms with van der Waals surface area (Å²) in [6, 6.07) is 9.44. The molecule has 294 valence electrons. The number of aryl methyl sites for hydroxylation is 1. The summed E-state index contributed by atoms with van der Waals surface area (Å²) in [5, 5.41) is 6.84. The Morgan fingerprint density at radius 2 is 1.62 bits per heavy atom. The molecule has 4 fully saturated rings. The average molecular weight is 781 g/mol. The summed E-state index contributed by atoms with van der Waals surface area (Å²) in [4.78, 5) is 73.0. The fourth-order valence-corrected chi connectivity index (χ4v) is 9.06. The number of hydrogen-bond acceptors (Lipinski definition) is 11. The molecule has 56 heavy (non-hydrogen) atoms. The van der Waals surface area contributed by atoms with Gasteiger partial charge in [-0.25, -0.2) is 14.8 Å². The number of benzene rings is 1. The monoisotopic (exact) mass is 780 g/mol. The number of anilines is 5. The Hall–Kier alpha value is -5.08. The first kappa shape index (κ1) is 37.8. The van der Waals surface area contributed by atoms with E-state index >= 15 is 0 Å². The van der Waals surface area contributed by atoms with Crippen molar-refractivity contribution in [3.63, 3.8) is 0 Å². The van der Waals surface area contributed by atoms with E-state index in [4.69, 9.17) is 16.6 Å². The molecule has 2 N–H and O–H groups in total. The van der Waals surface area contributed by atoms with E-state index in [-0.39, 0.29) is 35.3 Å². The summed E-state index contributed by atoms with van der Waals surface area (Å²) in [5.41, 5.74) is 3.91. The number of nitrogens with one attached hydrogen (secondary N) is 2. The number of pyridine rings is 2. The number of nitrogens with zero attached hydrogens (tertiary/aromatic N) is 8. The topological polar surface area (TPSA) is 149 Å². The number of rotatable bonds is 10. The van der Waals surface area contributed by atoms with E-state index in [2.05, 4.69) is 41.4 Å². The second-order valence-electron chi connectivity index (χ2n) is 15.6. The van der Waals surface area contributed by atoms with E-state index in [9.17, 15) is 19.2 Å². The van der Waals surface area contributed by atoms with Crippen LogP contribution < -0.4 is 30.9 Å². The predicted molar refractivity (Wildman–Crippen MR) is 219 cm³/mol. The van der Waals surface area contributed by atoms with Crippen molar-refractivity contribution in [1.29, 1.82) is 0 Å². The van der Waals surface area contributed by atoms with Crippen LogP contribution in [0.1, 0.15) is 80.3 Å². The third-order valence-electron chi connectivity index (χ3n) is 12.1. The molecule has 15 heteroatoms. The van der Waals surface area contributed by atoms with Crippen LogP contribution in [0, 0.1) is 12.8 Å². The number of carbonyl (C=O) groups excluding carboxylic acids is 3. The molecule has 4 aromatic rings. The van der Waals surface area contributed by atoms with Crippen molar-refractivity contribution in [2.75, 3.05) is 72.4 Å². The lowest BCUT2D eigenvalue weighted by molar-refractivity contribution is -0.120. The number of fused-ring (bicyclic) bond motifs is 1. The molecular formula is C41H49ClN10O4. The maximum absolute atomic E-state index is 13.6. The van der Waals surface area contributed by atoms with Gasteiger partial charge in [-0.05, 0) is 94.3 Å². The Labute approximate surface area is 331 Å². The van der Waals surface area contributed by atoms with Gasteiger partial charge in [-0.15, -0.1) is 0 Å². The molecule has 0 spiro atoms. The Balaban J connectivity index is 0.821. The van der Waals surface area contributed by atoms with Crippen LogP contribution >= 0.6 is 11.6 Å². The minimum absolute atomic E-state index is 0.0207. The van der Waals surface area contributed by atoms with Crippen molar-refractivity contribution >= 4 is 69.2 Å². The Morgan fingerprint density at radius 1 is 0.893 bits per heavy atom.